The van der Waals surface area contributed by atoms with E-state index in [4.69, 9.17) is 10.6 Å². The second kappa shape index (κ2) is 11.8. The van der Waals surface area contributed by atoms with Crippen molar-refractivity contribution in [2.45, 2.75) is 44.4 Å². The smallest absolute Gasteiger partial charge is 0.352 e. The van der Waals surface area contributed by atoms with E-state index >= 15 is 0 Å². The van der Waals surface area contributed by atoms with E-state index in [0.717, 1.165) is 33.6 Å². The molecule has 14 heteroatoms. The van der Waals surface area contributed by atoms with Crippen molar-refractivity contribution in [2.24, 2.45) is 5.16 Å². The number of nitrogens with two attached hydrogens (primary N) is 1. The van der Waals surface area contributed by atoms with Gasteiger partial charge in [0, 0.05) is 23.8 Å². The Bertz CT molecular complexity index is 1400. The topological polar surface area (TPSA) is 164 Å². The number of carboxylic acid groups (broad SMARTS) is 1. The lowest BCUT2D eigenvalue weighted by Crippen LogP contribution is -2.71. The Kier molecular flexibility index (Phi) is 8.67. The van der Waals surface area contributed by atoms with Crippen LogP contribution in [0.5, 0.6) is 0 Å². The average molecular weight is 590 g/mol. The van der Waals surface area contributed by atoms with Gasteiger partial charge in [0.1, 0.15) is 29.9 Å². The number of carbonyl (C=O) groups is 4. The lowest BCUT2D eigenvalue weighted by atomic mass is 9.92. The first kappa shape index (κ1) is 28.6. The van der Waals surface area contributed by atoms with Crippen molar-refractivity contribution in [3.8, 4) is 0 Å². The van der Waals surface area contributed by atoms with Gasteiger partial charge in [-0.3, -0.25) is 19.3 Å². The summed E-state index contributed by atoms with van der Waals surface area (Å²) in [6.07, 6.45) is 0.371. The Morgan fingerprint density at radius 1 is 1.31 bits per heavy atom. The van der Waals surface area contributed by atoms with E-state index in [0.29, 0.717) is 23.5 Å². The van der Waals surface area contributed by atoms with Crippen LogP contribution in [0, 0.1) is 13.8 Å². The Morgan fingerprint density at radius 2 is 2.00 bits per heavy atom. The monoisotopic (exact) mass is 589 g/mol. The van der Waals surface area contributed by atoms with Gasteiger partial charge in [0.2, 0.25) is 0 Å². The van der Waals surface area contributed by atoms with Crippen LogP contribution in [0.1, 0.15) is 34.9 Å². The maximum Gasteiger partial charge on any atom is 0.352 e. The Labute approximate surface area is 237 Å². The number of oxime groups is 1. The SMILES string of the molecule is CON=C(C(=O)N[C@@H]1C(=O)N2C(C(=O)O)=C(Cc3c(C)cc(CSC(C)=O)cc3C)CS[C@H]12)c1csc(N)n1. The maximum absolute atomic E-state index is 13.1. The molecule has 0 saturated carbocycles. The number of rotatable bonds is 9. The van der Waals surface area contributed by atoms with Crippen molar-refractivity contribution in [2.75, 3.05) is 18.6 Å². The zero-order chi connectivity index (χ0) is 28.4. The Hall–Kier alpha value is -3.36. The van der Waals surface area contributed by atoms with Crippen molar-refractivity contribution in [3.05, 3.63) is 56.7 Å². The van der Waals surface area contributed by atoms with Crippen LogP contribution in [0.4, 0.5) is 5.13 Å². The molecular weight excluding hydrogens is 563 g/mol. The van der Waals surface area contributed by atoms with E-state index in [1.807, 2.05) is 26.0 Å². The third-order valence-corrected chi connectivity index (χ3v) is 9.18. The molecule has 2 atom stereocenters. The van der Waals surface area contributed by atoms with E-state index in [1.165, 1.54) is 42.5 Å². The van der Waals surface area contributed by atoms with Crippen LogP contribution in [0.25, 0.3) is 0 Å². The number of aromatic nitrogens is 1. The van der Waals surface area contributed by atoms with Crippen LogP contribution < -0.4 is 11.1 Å². The number of thioether (sulfide) groups is 2. The molecule has 2 aliphatic rings. The van der Waals surface area contributed by atoms with E-state index < -0.39 is 29.2 Å². The fraction of sp³-hybridized carbons (Fsp3) is 0.360. The van der Waals surface area contributed by atoms with Gasteiger partial charge in [-0.2, -0.15) is 0 Å². The number of anilines is 1. The first-order chi connectivity index (χ1) is 18.5. The molecule has 2 amide bonds. The number of carboxylic acids is 1. The molecule has 0 unspecified atom stereocenters. The van der Waals surface area contributed by atoms with Gasteiger partial charge in [0.05, 0.1) is 0 Å². The molecule has 0 aliphatic carbocycles. The summed E-state index contributed by atoms with van der Waals surface area (Å²) >= 11 is 3.76. The molecule has 3 heterocycles. The first-order valence-electron chi connectivity index (χ1n) is 11.8. The number of thiazole rings is 1. The molecule has 0 bridgehead atoms. The van der Waals surface area contributed by atoms with Gasteiger partial charge in [-0.1, -0.05) is 29.1 Å². The average Bonchev–Trinajstić information content (AvgIpc) is 3.31. The fourth-order valence-electron chi connectivity index (χ4n) is 4.56. The molecular formula is C25H27N5O6S3. The van der Waals surface area contributed by atoms with Gasteiger partial charge in [-0.25, -0.2) is 9.78 Å². The summed E-state index contributed by atoms with van der Waals surface area (Å²) in [4.78, 5) is 59.8. The number of hydrogen-bond donors (Lipinski definition) is 3. The summed E-state index contributed by atoms with van der Waals surface area (Å²) in [5.74, 6) is -1.44. The molecule has 11 nitrogen and oxygen atoms in total. The number of β-lactam (4-membered cyclic amide) rings is 1. The van der Waals surface area contributed by atoms with E-state index in [-0.39, 0.29) is 27.3 Å². The van der Waals surface area contributed by atoms with Gasteiger partial charge in [-0.15, -0.1) is 23.1 Å². The lowest BCUT2D eigenvalue weighted by molar-refractivity contribution is -0.150. The number of nitrogen functional groups attached to an aromatic ring is 1. The van der Waals surface area contributed by atoms with Crippen LogP contribution in [-0.2, 0) is 36.2 Å². The molecule has 4 N–H and O–H groups in total. The highest BCUT2D eigenvalue weighted by Crippen LogP contribution is 2.41. The minimum atomic E-state index is -1.20. The quantitative estimate of drug-likeness (QED) is 0.225. The van der Waals surface area contributed by atoms with Crippen molar-refractivity contribution in [1.29, 1.82) is 0 Å². The van der Waals surface area contributed by atoms with Gasteiger partial charge < -0.3 is 21.0 Å². The van der Waals surface area contributed by atoms with Crippen LogP contribution in [0.3, 0.4) is 0 Å². The predicted octanol–water partition coefficient (Wildman–Crippen LogP) is 2.45. The highest BCUT2D eigenvalue weighted by molar-refractivity contribution is 8.12. The Balaban J connectivity index is 1.54. The van der Waals surface area contributed by atoms with Gasteiger partial charge in [0.15, 0.2) is 16.0 Å². The van der Waals surface area contributed by atoms with E-state index in [2.05, 4.69) is 15.5 Å². The number of hydrogen-bond acceptors (Lipinski definition) is 11. The number of nitrogens with zero attached hydrogens (tertiary/aromatic N) is 3. The van der Waals surface area contributed by atoms with Crippen LogP contribution in [0.2, 0.25) is 0 Å². The zero-order valence-corrected chi connectivity index (χ0v) is 24.1. The summed E-state index contributed by atoms with van der Waals surface area (Å²) in [6, 6.07) is 3.08. The minimum Gasteiger partial charge on any atom is -0.477 e. The third kappa shape index (κ3) is 5.97. The normalized spacial score (nSPS) is 18.9. The van der Waals surface area contributed by atoms with Crippen molar-refractivity contribution in [1.82, 2.24) is 15.2 Å². The van der Waals surface area contributed by atoms with E-state index in [9.17, 15) is 24.3 Å². The molecule has 1 aromatic heterocycles. The molecule has 206 valence electrons. The molecule has 4 rings (SSSR count). The number of aliphatic carboxylic acids is 1. The molecule has 0 radical (unpaired) electrons. The molecule has 1 aromatic carbocycles. The minimum absolute atomic E-state index is 0.0446. The van der Waals surface area contributed by atoms with E-state index in [1.54, 1.807) is 5.38 Å². The number of fused-ring (bicyclic) bond motifs is 1. The standard InChI is InChI=1S/C25H27N5O6S3/c1-11-5-14(8-37-13(3)31)6-12(2)16(11)7-15-9-38-23-19(22(33)30(23)20(15)24(34)35)28-21(32)18(29-36-4)17-10-39-25(26)27-17/h5-6,10,19,23H,7-9H2,1-4H3,(H2,26,27)(H,28,32)(H,34,35)/t19-,23-/m1/s1. The van der Waals surface area contributed by atoms with Crippen molar-refractivity contribution >= 4 is 68.6 Å². The van der Waals surface area contributed by atoms with Crippen molar-refractivity contribution < 1.29 is 29.1 Å². The summed E-state index contributed by atoms with van der Waals surface area (Å²) < 4.78 is 0. The Morgan fingerprint density at radius 3 is 2.56 bits per heavy atom. The maximum atomic E-state index is 13.1. The second-order valence-electron chi connectivity index (χ2n) is 8.98. The molecule has 0 spiro atoms. The van der Waals surface area contributed by atoms with Crippen LogP contribution in [-0.4, -0.2) is 67.9 Å². The molecule has 1 fully saturated rings. The number of nitrogens with one attached hydrogen (secondary N) is 1. The molecule has 39 heavy (non-hydrogen) atoms. The second-order valence-corrected chi connectivity index (χ2v) is 12.1. The summed E-state index contributed by atoms with van der Waals surface area (Å²) in [7, 11) is 1.28. The molecule has 1 saturated heterocycles. The summed E-state index contributed by atoms with van der Waals surface area (Å²) in [5.41, 5.74) is 10.3. The fourth-order valence-corrected chi connectivity index (χ4v) is 6.99. The highest BCUT2D eigenvalue weighted by Gasteiger charge is 2.54. The molecule has 2 aromatic rings. The largest absolute Gasteiger partial charge is 0.477 e. The van der Waals surface area contributed by atoms with Crippen molar-refractivity contribution in [3.63, 3.8) is 0 Å². The van der Waals surface area contributed by atoms with Gasteiger partial charge in [0.25, 0.3) is 11.8 Å². The molecule has 2 aliphatic heterocycles. The van der Waals surface area contributed by atoms with Gasteiger partial charge >= 0.3 is 5.97 Å². The predicted molar refractivity (Wildman–Crippen MR) is 151 cm³/mol. The zero-order valence-electron chi connectivity index (χ0n) is 21.6. The number of benzene rings is 1. The third-order valence-electron chi connectivity index (χ3n) is 6.29. The number of amides is 2. The van der Waals surface area contributed by atoms with Crippen LogP contribution in [0.15, 0.2) is 33.9 Å². The highest BCUT2D eigenvalue weighted by atomic mass is 32.2. The van der Waals surface area contributed by atoms with Gasteiger partial charge in [-0.05, 0) is 48.1 Å². The first-order valence-corrected chi connectivity index (χ1v) is 14.7. The summed E-state index contributed by atoms with van der Waals surface area (Å²) in [5, 5.41) is 17.7. The lowest BCUT2D eigenvalue weighted by Gasteiger charge is -2.49. The summed E-state index contributed by atoms with van der Waals surface area (Å²) in [6.45, 7) is 5.45. The van der Waals surface area contributed by atoms with Crippen LogP contribution >= 0.6 is 34.9 Å². The number of aryl methyl sites for hydroxylation is 2. The number of carbonyl (C=O) groups excluding carboxylic acids is 3.